The third kappa shape index (κ3) is 6.04. The van der Waals surface area contributed by atoms with Crippen LogP contribution in [0, 0.1) is 0 Å². The lowest BCUT2D eigenvalue weighted by Crippen LogP contribution is -2.60. The molecule has 0 spiro atoms. The van der Waals surface area contributed by atoms with E-state index in [4.69, 9.17) is 4.74 Å². The van der Waals surface area contributed by atoms with Crippen LogP contribution < -0.4 is 4.90 Å². The molecule has 0 N–H and O–H groups in total. The number of piperazine rings is 1. The van der Waals surface area contributed by atoms with Gasteiger partial charge in [0.05, 0.1) is 24.5 Å². The van der Waals surface area contributed by atoms with Gasteiger partial charge in [0.1, 0.15) is 11.4 Å². The number of aromatic nitrogens is 2. The van der Waals surface area contributed by atoms with Crippen molar-refractivity contribution < 1.29 is 22.7 Å². The number of nitrogens with zero attached hydrogens (tertiary/aromatic N) is 5. The van der Waals surface area contributed by atoms with Crippen LogP contribution in [0.25, 0.3) is 0 Å². The Morgan fingerprint density at radius 1 is 1.06 bits per heavy atom. The molecule has 2 aromatic rings. The van der Waals surface area contributed by atoms with Crippen LogP contribution in [0.15, 0.2) is 42.7 Å². The molecular formula is C25H32F3N5O2. The lowest BCUT2D eigenvalue weighted by atomic mass is 9.93. The standard InChI is InChI=1S/C25H32F3N5O2/c1-18-15-32(22-14-29-21(13-30-22)25(26,27)28)16-19(2)33(18)23(34)35-24(3)9-11-31(12-10-24)17-20-7-5-4-6-8-20/h4-8,13-14,18-19H,9-12,15-17H2,1-3H3/t18-,19-/m1/s1. The highest BCUT2D eigenvalue weighted by molar-refractivity contribution is 5.69. The monoisotopic (exact) mass is 491 g/mol. The number of piperidine rings is 1. The first-order valence-corrected chi connectivity index (χ1v) is 12.0. The molecule has 2 saturated heterocycles. The predicted octanol–water partition coefficient (Wildman–Crippen LogP) is 4.59. The van der Waals surface area contributed by atoms with Crippen molar-refractivity contribution in [3.05, 3.63) is 54.0 Å². The van der Waals surface area contributed by atoms with Crippen LogP contribution in [0.5, 0.6) is 0 Å². The van der Waals surface area contributed by atoms with Gasteiger partial charge in [-0.15, -0.1) is 0 Å². The van der Waals surface area contributed by atoms with E-state index in [1.807, 2.05) is 43.9 Å². The molecule has 0 bridgehead atoms. The number of carbonyl (C=O) groups is 1. The van der Waals surface area contributed by atoms with E-state index < -0.39 is 17.5 Å². The minimum Gasteiger partial charge on any atom is -0.443 e. The molecule has 10 heteroatoms. The van der Waals surface area contributed by atoms with Gasteiger partial charge in [-0.2, -0.15) is 13.2 Å². The van der Waals surface area contributed by atoms with Crippen molar-refractivity contribution in [3.63, 3.8) is 0 Å². The van der Waals surface area contributed by atoms with E-state index in [-0.39, 0.29) is 18.2 Å². The third-order valence-corrected chi connectivity index (χ3v) is 6.88. The van der Waals surface area contributed by atoms with E-state index in [9.17, 15) is 18.0 Å². The molecular weight excluding hydrogens is 459 g/mol. The number of anilines is 1. The molecule has 3 heterocycles. The average Bonchev–Trinajstić information content (AvgIpc) is 2.80. The lowest BCUT2D eigenvalue weighted by Gasteiger charge is -2.46. The van der Waals surface area contributed by atoms with Gasteiger partial charge in [0, 0.05) is 32.7 Å². The highest BCUT2D eigenvalue weighted by atomic mass is 19.4. The molecule has 0 unspecified atom stereocenters. The largest absolute Gasteiger partial charge is 0.443 e. The first-order valence-electron chi connectivity index (χ1n) is 12.0. The second kappa shape index (κ2) is 10.0. The Bertz CT molecular complexity index is 982. The number of rotatable bonds is 4. The normalized spacial score (nSPS) is 23.3. The Morgan fingerprint density at radius 2 is 1.69 bits per heavy atom. The Hall–Kier alpha value is -2.88. The minimum absolute atomic E-state index is 0.197. The molecule has 2 fully saturated rings. The van der Waals surface area contributed by atoms with E-state index in [0.29, 0.717) is 18.9 Å². The van der Waals surface area contributed by atoms with Crippen molar-refractivity contribution in [1.82, 2.24) is 19.8 Å². The summed E-state index contributed by atoms with van der Waals surface area (Å²) in [6.45, 7) is 9.26. The Balaban J connectivity index is 1.32. The molecule has 2 atom stereocenters. The van der Waals surface area contributed by atoms with E-state index in [0.717, 1.165) is 44.9 Å². The van der Waals surface area contributed by atoms with E-state index in [2.05, 4.69) is 27.0 Å². The number of amides is 1. The topological polar surface area (TPSA) is 61.8 Å². The van der Waals surface area contributed by atoms with Crippen molar-refractivity contribution in [2.45, 2.75) is 64.0 Å². The van der Waals surface area contributed by atoms with Gasteiger partial charge in [0.2, 0.25) is 0 Å². The number of alkyl halides is 3. The molecule has 0 aliphatic carbocycles. The summed E-state index contributed by atoms with van der Waals surface area (Å²) in [5, 5.41) is 0. The number of carbonyl (C=O) groups excluding carboxylic acids is 1. The Labute approximate surface area is 203 Å². The second-order valence-electron chi connectivity index (χ2n) is 9.85. The predicted molar refractivity (Wildman–Crippen MR) is 126 cm³/mol. The zero-order chi connectivity index (χ0) is 25.2. The van der Waals surface area contributed by atoms with Gasteiger partial charge >= 0.3 is 12.3 Å². The van der Waals surface area contributed by atoms with Crippen LogP contribution in [0.3, 0.4) is 0 Å². The summed E-state index contributed by atoms with van der Waals surface area (Å²) in [5.74, 6) is 0.363. The van der Waals surface area contributed by atoms with Crippen molar-refractivity contribution in [3.8, 4) is 0 Å². The van der Waals surface area contributed by atoms with Gasteiger partial charge in [0.15, 0.2) is 5.69 Å². The summed E-state index contributed by atoms with van der Waals surface area (Å²) in [4.78, 5) is 26.6. The van der Waals surface area contributed by atoms with Crippen LogP contribution in [-0.4, -0.2) is 69.7 Å². The van der Waals surface area contributed by atoms with Gasteiger partial charge in [-0.05, 0) is 39.2 Å². The minimum atomic E-state index is -4.53. The van der Waals surface area contributed by atoms with E-state index in [1.165, 1.54) is 5.56 Å². The number of likely N-dealkylation sites (tertiary alicyclic amines) is 1. The molecule has 1 aromatic heterocycles. The molecule has 35 heavy (non-hydrogen) atoms. The SMILES string of the molecule is C[C@@H]1CN(c2cnc(C(F)(F)F)cn2)C[C@@H](C)N1C(=O)OC1(C)CCN(Cc2ccccc2)CC1. The van der Waals surface area contributed by atoms with Crippen molar-refractivity contribution >= 4 is 11.9 Å². The fourth-order valence-electron chi connectivity index (χ4n) is 4.89. The molecule has 1 aromatic carbocycles. The number of halogens is 3. The fourth-order valence-corrected chi connectivity index (χ4v) is 4.89. The van der Waals surface area contributed by atoms with Crippen molar-refractivity contribution in [2.75, 3.05) is 31.1 Å². The number of hydrogen-bond acceptors (Lipinski definition) is 6. The smallest absolute Gasteiger partial charge is 0.434 e. The van der Waals surface area contributed by atoms with Crippen LogP contribution in [-0.2, 0) is 17.5 Å². The zero-order valence-corrected chi connectivity index (χ0v) is 20.3. The van der Waals surface area contributed by atoms with E-state index in [1.54, 1.807) is 4.90 Å². The average molecular weight is 492 g/mol. The second-order valence-corrected chi connectivity index (χ2v) is 9.85. The van der Waals surface area contributed by atoms with Crippen LogP contribution in [0.1, 0.15) is 44.9 Å². The zero-order valence-electron chi connectivity index (χ0n) is 20.3. The van der Waals surface area contributed by atoms with Gasteiger partial charge in [-0.25, -0.2) is 14.8 Å². The van der Waals surface area contributed by atoms with Crippen molar-refractivity contribution in [1.29, 1.82) is 0 Å². The van der Waals surface area contributed by atoms with E-state index >= 15 is 0 Å². The molecule has 0 saturated carbocycles. The third-order valence-electron chi connectivity index (χ3n) is 6.88. The number of benzene rings is 1. The summed E-state index contributed by atoms with van der Waals surface area (Å²) in [6, 6.07) is 9.93. The summed E-state index contributed by atoms with van der Waals surface area (Å²) >= 11 is 0. The molecule has 190 valence electrons. The van der Waals surface area contributed by atoms with Gasteiger partial charge in [0.25, 0.3) is 0 Å². The molecule has 0 radical (unpaired) electrons. The molecule has 1 amide bonds. The summed E-state index contributed by atoms with van der Waals surface area (Å²) < 4.78 is 44.4. The summed E-state index contributed by atoms with van der Waals surface area (Å²) in [7, 11) is 0. The first-order chi connectivity index (χ1) is 16.5. The van der Waals surface area contributed by atoms with Crippen LogP contribution in [0.2, 0.25) is 0 Å². The van der Waals surface area contributed by atoms with Gasteiger partial charge in [-0.3, -0.25) is 9.80 Å². The van der Waals surface area contributed by atoms with Gasteiger partial charge in [-0.1, -0.05) is 30.3 Å². The highest BCUT2D eigenvalue weighted by Crippen LogP contribution is 2.31. The quantitative estimate of drug-likeness (QED) is 0.624. The maximum atomic E-state index is 13.2. The molecule has 2 aliphatic heterocycles. The molecule has 2 aliphatic rings. The highest BCUT2D eigenvalue weighted by Gasteiger charge is 2.40. The maximum absolute atomic E-state index is 13.2. The Morgan fingerprint density at radius 3 is 2.23 bits per heavy atom. The molecule has 7 nitrogen and oxygen atoms in total. The number of ether oxygens (including phenoxy) is 1. The van der Waals surface area contributed by atoms with Crippen LogP contribution in [0.4, 0.5) is 23.8 Å². The fraction of sp³-hybridized carbons (Fsp3) is 0.560. The maximum Gasteiger partial charge on any atom is 0.434 e. The summed E-state index contributed by atoms with van der Waals surface area (Å²) in [5.41, 5.74) is -0.279. The first kappa shape index (κ1) is 25.2. The van der Waals surface area contributed by atoms with Crippen LogP contribution >= 0.6 is 0 Å². The summed E-state index contributed by atoms with van der Waals surface area (Å²) in [6.07, 6.45) is -1.47. The van der Waals surface area contributed by atoms with Gasteiger partial charge < -0.3 is 9.64 Å². The lowest BCUT2D eigenvalue weighted by molar-refractivity contribution is -0.141. The molecule has 4 rings (SSSR count). The number of hydrogen-bond donors (Lipinski definition) is 0. The Kier molecular flexibility index (Phi) is 7.21. The van der Waals surface area contributed by atoms with Crippen molar-refractivity contribution in [2.24, 2.45) is 0 Å².